The number of carbonyl (C=O) groups excluding carboxylic acids is 2. The fourth-order valence-electron chi connectivity index (χ4n) is 4.45. The van der Waals surface area contributed by atoms with Gasteiger partial charge in [-0.1, -0.05) is 55.7 Å². The smallest absolute Gasteiger partial charge is 0.319 e. The number of nitrogens with one attached hydrogen (secondary N) is 3. The lowest BCUT2D eigenvalue weighted by molar-refractivity contribution is -0.119. The zero-order valence-corrected chi connectivity index (χ0v) is 19.7. The van der Waals surface area contributed by atoms with Gasteiger partial charge in [0.1, 0.15) is 6.07 Å². The summed E-state index contributed by atoms with van der Waals surface area (Å²) in [4.78, 5) is 32.4. The van der Waals surface area contributed by atoms with Gasteiger partial charge in [0.25, 0.3) is 0 Å². The molecule has 3 amide bonds. The Bertz CT molecular complexity index is 1230. The van der Waals surface area contributed by atoms with Crippen LogP contribution < -0.4 is 16.0 Å². The fraction of sp³-hybridized carbons (Fsp3) is 0.296. The number of anilines is 1. The average Bonchev–Trinajstić information content (AvgIpc) is 2.89. The van der Waals surface area contributed by atoms with Crippen molar-refractivity contribution in [3.05, 3.63) is 77.9 Å². The zero-order chi connectivity index (χ0) is 24.7. The minimum atomic E-state index is -0.615. The molecule has 0 spiro atoms. The second-order valence-electron chi connectivity index (χ2n) is 8.78. The van der Waals surface area contributed by atoms with Crippen LogP contribution in [-0.2, 0) is 16.9 Å². The van der Waals surface area contributed by atoms with Gasteiger partial charge in [-0.15, -0.1) is 0 Å². The molecule has 8 heteroatoms. The topological polar surface area (TPSA) is 120 Å². The molecule has 4 rings (SSSR count). The van der Waals surface area contributed by atoms with Gasteiger partial charge in [-0.3, -0.25) is 4.79 Å². The number of urea groups is 1. The minimum Gasteiger partial charge on any atom is -0.352 e. The van der Waals surface area contributed by atoms with Gasteiger partial charge in [0.2, 0.25) is 11.7 Å². The van der Waals surface area contributed by atoms with Crippen LogP contribution in [0, 0.1) is 11.3 Å². The van der Waals surface area contributed by atoms with Crippen LogP contribution in [0.3, 0.4) is 0 Å². The van der Waals surface area contributed by atoms with Crippen molar-refractivity contribution in [3.63, 3.8) is 0 Å². The molecule has 2 aromatic carbocycles. The van der Waals surface area contributed by atoms with E-state index in [1.165, 1.54) is 6.92 Å². The Morgan fingerprint density at radius 1 is 0.971 bits per heavy atom. The van der Waals surface area contributed by atoms with Crippen LogP contribution in [-0.4, -0.2) is 21.9 Å². The predicted molar refractivity (Wildman–Crippen MR) is 133 cm³/mol. The van der Waals surface area contributed by atoms with E-state index in [0.717, 1.165) is 48.8 Å². The molecule has 0 saturated heterocycles. The minimum absolute atomic E-state index is 0.0560. The molecule has 3 N–H and O–H groups in total. The lowest BCUT2D eigenvalue weighted by Gasteiger charge is -2.37. The molecular formula is C27H28N6O2. The summed E-state index contributed by atoms with van der Waals surface area (Å²) in [6, 6.07) is 19.1. The number of amides is 3. The lowest BCUT2D eigenvalue weighted by Crippen LogP contribution is -2.49. The number of carbonyl (C=O) groups is 2. The number of hydrogen-bond donors (Lipinski definition) is 3. The number of rotatable bonds is 6. The molecule has 0 bridgehead atoms. The second-order valence-corrected chi connectivity index (χ2v) is 8.78. The number of hydrogen-bond acceptors (Lipinski definition) is 5. The highest BCUT2D eigenvalue weighted by Crippen LogP contribution is 2.36. The van der Waals surface area contributed by atoms with Crippen LogP contribution in [0.1, 0.15) is 56.1 Å². The van der Waals surface area contributed by atoms with Crippen molar-refractivity contribution >= 4 is 17.6 Å². The highest BCUT2D eigenvalue weighted by molar-refractivity contribution is 5.90. The molecule has 1 aliphatic rings. The highest BCUT2D eigenvalue weighted by Gasteiger charge is 2.37. The van der Waals surface area contributed by atoms with E-state index in [4.69, 9.17) is 0 Å². The Balaban J connectivity index is 1.43. The molecule has 1 saturated carbocycles. The van der Waals surface area contributed by atoms with E-state index in [-0.39, 0.29) is 17.8 Å². The van der Waals surface area contributed by atoms with E-state index in [1.807, 2.05) is 54.6 Å². The van der Waals surface area contributed by atoms with Gasteiger partial charge in [0.05, 0.1) is 11.2 Å². The first-order valence-electron chi connectivity index (χ1n) is 11.7. The molecule has 1 heterocycles. The summed E-state index contributed by atoms with van der Waals surface area (Å²) in [5.74, 6) is 0.0490. The van der Waals surface area contributed by atoms with E-state index in [9.17, 15) is 14.9 Å². The number of nitrogens with zero attached hydrogens (tertiary/aromatic N) is 3. The highest BCUT2D eigenvalue weighted by atomic mass is 16.2. The molecule has 8 nitrogen and oxygen atoms in total. The van der Waals surface area contributed by atoms with Crippen LogP contribution in [0.2, 0.25) is 0 Å². The number of nitriles is 1. The molecule has 35 heavy (non-hydrogen) atoms. The maximum Gasteiger partial charge on any atom is 0.319 e. The quantitative estimate of drug-likeness (QED) is 0.487. The fourth-order valence-corrected chi connectivity index (χ4v) is 4.45. The van der Waals surface area contributed by atoms with E-state index < -0.39 is 5.54 Å². The molecule has 1 aromatic heterocycles. The Morgan fingerprint density at radius 3 is 2.26 bits per heavy atom. The molecular weight excluding hydrogens is 440 g/mol. The monoisotopic (exact) mass is 468 g/mol. The molecule has 1 aliphatic carbocycles. The largest absolute Gasteiger partial charge is 0.352 e. The molecule has 178 valence electrons. The molecule has 0 radical (unpaired) electrons. The third kappa shape index (κ3) is 6.01. The van der Waals surface area contributed by atoms with Gasteiger partial charge in [0, 0.05) is 25.4 Å². The molecule has 1 fully saturated rings. The van der Waals surface area contributed by atoms with Gasteiger partial charge in [-0.2, -0.15) is 5.26 Å². The third-order valence-electron chi connectivity index (χ3n) is 6.28. The first-order valence-corrected chi connectivity index (χ1v) is 11.7. The van der Waals surface area contributed by atoms with Crippen molar-refractivity contribution in [1.82, 2.24) is 20.6 Å². The Morgan fingerprint density at radius 2 is 1.63 bits per heavy atom. The standard InChI is InChI=1S/C27H28N6O2/c1-19(34)30-18-20-5-7-21(8-6-20)22-9-11-23(12-10-22)31-26(35)33-27(14-3-2-4-15-27)24-13-16-29-25(17-28)32-24/h5-13,16H,2-4,14-15,18H2,1H3,(H,30,34)(H2,31,33,35). The first-order chi connectivity index (χ1) is 17.0. The van der Waals surface area contributed by atoms with Crippen molar-refractivity contribution < 1.29 is 9.59 Å². The summed E-state index contributed by atoms with van der Waals surface area (Å²) in [5, 5.41) is 18.1. The summed E-state index contributed by atoms with van der Waals surface area (Å²) in [7, 11) is 0. The third-order valence-corrected chi connectivity index (χ3v) is 6.28. The van der Waals surface area contributed by atoms with Gasteiger partial charge < -0.3 is 16.0 Å². The SMILES string of the molecule is CC(=O)NCc1ccc(-c2ccc(NC(=O)NC3(c4ccnc(C#N)n4)CCCCC3)cc2)cc1. The van der Waals surface area contributed by atoms with E-state index in [2.05, 4.69) is 25.9 Å². The average molecular weight is 469 g/mol. The van der Waals surface area contributed by atoms with Gasteiger partial charge >= 0.3 is 6.03 Å². The van der Waals surface area contributed by atoms with Gasteiger partial charge in [0.15, 0.2) is 0 Å². The van der Waals surface area contributed by atoms with Crippen LogP contribution in [0.25, 0.3) is 11.1 Å². The van der Waals surface area contributed by atoms with Crippen molar-refractivity contribution in [2.24, 2.45) is 0 Å². The lowest BCUT2D eigenvalue weighted by atomic mass is 9.79. The number of benzene rings is 2. The molecule has 0 atom stereocenters. The van der Waals surface area contributed by atoms with Crippen LogP contribution in [0.15, 0.2) is 60.8 Å². The summed E-state index contributed by atoms with van der Waals surface area (Å²) >= 11 is 0. The van der Waals surface area contributed by atoms with Crippen molar-refractivity contribution in [2.75, 3.05) is 5.32 Å². The van der Waals surface area contributed by atoms with Crippen molar-refractivity contribution in [2.45, 2.75) is 51.1 Å². The summed E-state index contributed by atoms with van der Waals surface area (Å²) in [5.41, 5.74) is 3.84. The molecule has 3 aromatic rings. The second kappa shape index (κ2) is 10.8. The van der Waals surface area contributed by atoms with Gasteiger partial charge in [-0.25, -0.2) is 14.8 Å². The number of aromatic nitrogens is 2. The predicted octanol–water partition coefficient (Wildman–Crippen LogP) is 4.63. The van der Waals surface area contributed by atoms with E-state index >= 15 is 0 Å². The van der Waals surface area contributed by atoms with E-state index in [1.54, 1.807) is 12.3 Å². The maximum atomic E-state index is 13.0. The van der Waals surface area contributed by atoms with E-state index in [0.29, 0.717) is 17.9 Å². The Hall–Kier alpha value is -4.25. The van der Waals surface area contributed by atoms with Crippen LogP contribution >= 0.6 is 0 Å². The zero-order valence-electron chi connectivity index (χ0n) is 19.7. The summed E-state index contributed by atoms with van der Waals surface area (Å²) in [6.07, 6.45) is 6.16. The maximum absolute atomic E-state index is 13.0. The summed E-state index contributed by atoms with van der Waals surface area (Å²) in [6.45, 7) is 2.00. The van der Waals surface area contributed by atoms with Crippen LogP contribution in [0.4, 0.5) is 10.5 Å². The molecule has 0 aliphatic heterocycles. The Kier molecular flexibility index (Phi) is 7.36. The first kappa shape index (κ1) is 23.9. The van der Waals surface area contributed by atoms with Crippen molar-refractivity contribution in [1.29, 1.82) is 5.26 Å². The summed E-state index contributed by atoms with van der Waals surface area (Å²) < 4.78 is 0. The normalized spacial score (nSPS) is 14.4. The van der Waals surface area contributed by atoms with Crippen molar-refractivity contribution in [3.8, 4) is 17.2 Å². The van der Waals surface area contributed by atoms with Gasteiger partial charge in [-0.05, 0) is 47.7 Å². The van der Waals surface area contributed by atoms with Crippen LogP contribution in [0.5, 0.6) is 0 Å². The Labute approximate surface area is 204 Å². The molecule has 0 unspecified atom stereocenters.